The van der Waals surface area contributed by atoms with Gasteiger partial charge in [0.25, 0.3) is 0 Å². The first-order valence-electron chi connectivity index (χ1n) is 8.43. The van der Waals surface area contributed by atoms with Crippen LogP contribution in [0.3, 0.4) is 0 Å². The number of hydrogen-bond donors (Lipinski definition) is 8. The Hall–Kier alpha value is -3.21. The molecule has 0 fully saturated rings. The average Bonchev–Trinajstić information content (AvgIpc) is 2.66. The number of rotatable bonds is 4. The van der Waals surface area contributed by atoms with Crippen LogP contribution in [0, 0.1) is 0 Å². The van der Waals surface area contributed by atoms with E-state index in [0.29, 0.717) is 0 Å². The zero-order valence-corrected chi connectivity index (χ0v) is 15.2. The molecular weight excluding hydrogens is 388 g/mol. The van der Waals surface area contributed by atoms with E-state index >= 15 is 0 Å². The van der Waals surface area contributed by atoms with Gasteiger partial charge in [0, 0.05) is 6.42 Å². The largest absolute Gasteiger partial charge is 0.504 e. The van der Waals surface area contributed by atoms with Gasteiger partial charge in [-0.2, -0.15) is 0 Å². The lowest BCUT2D eigenvalue weighted by atomic mass is 9.61. The number of aromatic hydroxyl groups is 4. The molecule has 10 heteroatoms. The van der Waals surface area contributed by atoms with Gasteiger partial charge in [-0.3, -0.25) is 0 Å². The minimum atomic E-state index is -3.02. The van der Waals surface area contributed by atoms with E-state index in [1.54, 1.807) is 0 Å². The average molecular weight is 408 g/mol. The van der Waals surface area contributed by atoms with Crippen LogP contribution in [0.4, 0.5) is 0 Å². The van der Waals surface area contributed by atoms with Crippen molar-refractivity contribution in [3.63, 3.8) is 0 Å². The fraction of sp³-hybridized carbons (Fsp3) is 0.316. The van der Waals surface area contributed by atoms with Gasteiger partial charge in [0.05, 0.1) is 19.6 Å². The van der Waals surface area contributed by atoms with Gasteiger partial charge < -0.3 is 45.6 Å². The molecule has 2 aromatic carbocycles. The quantitative estimate of drug-likeness (QED) is 0.313. The molecule has 0 amide bonds. The van der Waals surface area contributed by atoms with Crippen LogP contribution in [0.15, 0.2) is 24.3 Å². The van der Waals surface area contributed by atoms with Crippen molar-refractivity contribution in [3.05, 3.63) is 41.0 Å². The third-order valence-corrected chi connectivity index (χ3v) is 5.37. The molecule has 0 saturated carbocycles. The van der Waals surface area contributed by atoms with Crippen molar-refractivity contribution in [2.75, 3.05) is 13.7 Å². The van der Waals surface area contributed by atoms with Crippen LogP contribution in [0.5, 0.6) is 28.7 Å². The standard InChI is InChI=1S/C19H20O10/c1-29-14-4-9-6-18(27,7-20)19(28,17(25)26)15(10(9)5-11(14)21)8-2-12(22)16(24)13(23)3-8/h2-5,15,20-24,27-28H,6-7H2,1H3,(H,25,26). The Morgan fingerprint density at radius 1 is 1.07 bits per heavy atom. The van der Waals surface area contributed by atoms with Crippen molar-refractivity contribution in [3.8, 4) is 28.7 Å². The minimum Gasteiger partial charge on any atom is -0.504 e. The predicted molar refractivity (Wildman–Crippen MR) is 96.3 cm³/mol. The van der Waals surface area contributed by atoms with E-state index in [1.165, 1.54) is 13.2 Å². The van der Waals surface area contributed by atoms with Gasteiger partial charge in [0.1, 0.15) is 5.60 Å². The van der Waals surface area contributed by atoms with Gasteiger partial charge in [0.15, 0.2) is 28.7 Å². The summed E-state index contributed by atoms with van der Waals surface area (Å²) >= 11 is 0. The van der Waals surface area contributed by atoms with Crippen LogP contribution in [-0.4, -0.2) is 71.7 Å². The first-order chi connectivity index (χ1) is 13.5. The van der Waals surface area contributed by atoms with Gasteiger partial charge >= 0.3 is 5.97 Å². The van der Waals surface area contributed by atoms with Gasteiger partial charge in [0.2, 0.25) is 5.60 Å². The highest BCUT2D eigenvalue weighted by molar-refractivity contribution is 5.83. The molecule has 29 heavy (non-hydrogen) atoms. The number of aliphatic carboxylic acids is 1. The summed E-state index contributed by atoms with van der Waals surface area (Å²) in [6.07, 6.45) is -0.495. The smallest absolute Gasteiger partial charge is 0.339 e. The molecule has 0 heterocycles. The maximum absolute atomic E-state index is 12.1. The molecular formula is C19H20O10. The molecule has 3 unspecified atom stereocenters. The minimum absolute atomic E-state index is 0.0138. The van der Waals surface area contributed by atoms with E-state index < -0.39 is 53.4 Å². The number of fused-ring (bicyclic) bond motifs is 1. The van der Waals surface area contributed by atoms with E-state index in [2.05, 4.69) is 0 Å². The van der Waals surface area contributed by atoms with Gasteiger partial charge in [-0.1, -0.05) is 0 Å². The Morgan fingerprint density at radius 2 is 1.66 bits per heavy atom. The first-order valence-corrected chi connectivity index (χ1v) is 8.43. The fourth-order valence-corrected chi connectivity index (χ4v) is 3.87. The number of aliphatic hydroxyl groups is 3. The molecule has 2 aromatic rings. The lowest BCUT2D eigenvalue weighted by Gasteiger charge is -2.48. The molecule has 1 aliphatic rings. The Morgan fingerprint density at radius 3 is 2.14 bits per heavy atom. The third kappa shape index (κ3) is 2.80. The van der Waals surface area contributed by atoms with Crippen molar-refractivity contribution in [1.82, 2.24) is 0 Å². The molecule has 3 rings (SSSR count). The van der Waals surface area contributed by atoms with Crippen LogP contribution in [-0.2, 0) is 11.2 Å². The maximum atomic E-state index is 12.1. The highest BCUT2D eigenvalue weighted by Crippen LogP contribution is 2.52. The van der Waals surface area contributed by atoms with E-state index in [4.69, 9.17) is 4.74 Å². The molecule has 8 N–H and O–H groups in total. The van der Waals surface area contributed by atoms with Gasteiger partial charge in [-0.05, 0) is 41.0 Å². The molecule has 0 saturated heterocycles. The molecule has 0 radical (unpaired) electrons. The summed E-state index contributed by atoms with van der Waals surface area (Å²) in [6.45, 7) is -1.13. The number of ether oxygens (including phenoxy) is 1. The lowest BCUT2D eigenvalue weighted by Crippen LogP contribution is -2.67. The van der Waals surface area contributed by atoms with Crippen molar-refractivity contribution >= 4 is 5.97 Å². The molecule has 156 valence electrons. The van der Waals surface area contributed by atoms with Crippen LogP contribution < -0.4 is 4.74 Å². The summed E-state index contributed by atoms with van der Waals surface area (Å²) in [5.74, 6) is -6.37. The lowest BCUT2D eigenvalue weighted by molar-refractivity contribution is -0.208. The molecule has 1 aliphatic carbocycles. The Bertz CT molecular complexity index is 964. The van der Waals surface area contributed by atoms with E-state index in [9.17, 15) is 45.6 Å². The van der Waals surface area contributed by atoms with E-state index in [0.717, 1.165) is 18.2 Å². The number of carboxylic acid groups (broad SMARTS) is 1. The first kappa shape index (κ1) is 20.5. The number of carbonyl (C=O) groups is 1. The SMILES string of the molecule is COc1cc2c(cc1O)C(c1cc(O)c(O)c(O)c1)C(O)(C(=O)O)C(O)(CO)C2. The molecule has 0 aromatic heterocycles. The maximum Gasteiger partial charge on any atom is 0.339 e. The zero-order chi connectivity index (χ0) is 21.7. The van der Waals surface area contributed by atoms with Crippen LogP contribution in [0.25, 0.3) is 0 Å². The number of methoxy groups -OCH3 is 1. The number of phenols is 4. The Labute approximate surface area is 164 Å². The Balaban J connectivity index is 2.41. The Kier molecular flexibility index (Phi) is 4.74. The topological polar surface area (TPSA) is 188 Å². The molecule has 10 nitrogen and oxygen atoms in total. The number of carboxylic acids is 1. The van der Waals surface area contributed by atoms with Crippen molar-refractivity contribution < 1.29 is 50.4 Å². The summed E-state index contributed by atoms with van der Waals surface area (Å²) in [4.78, 5) is 12.1. The molecule has 0 aliphatic heterocycles. The van der Waals surface area contributed by atoms with Crippen LogP contribution in [0.1, 0.15) is 22.6 Å². The van der Waals surface area contributed by atoms with Gasteiger partial charge in [-0.15, -0.1) is 0 Å². The summed E-state index contributed by atoms with van der Waals surface area (Å²) in [6, 6.07) is 4.26. The highest BCUT2D eigenvalue weighted by atomic mass is 16.5. The molecule has 0 bridgehead atoms. The van der Waals surface area contributed by atoms with Crippen molar-refractivity contribution in [2.45, 2.75) is 23.5 Å². The normalized spacial score (nSPS) is 26.0. The molecule has 0 spiro atoms. The second-order valence-corrected chi connectivity index (χ2v) is 7.00. The summed E-state index contributed by atoms with van der Waals surface area (Å²) in [5.41, 5.74) is -5.48. The fourth-order valence-electron chi connectivity index (χ4n) is 3.87. The number of phenolic OH excluding ortho intramolecular Hbond substituents is 4. The van der Waals surface area contributed by atoms with Gasteiger partial charge in [-0.25, -0.2) is 4.79 Å². The second kappa shape index (κ2) is 6.69. The van der Waals surface area contributed by atoms with E-state index in [1.807, 2.05) is 0 Å². The number of benzene rings is 2. The van der Waals surface area contributed by atoms with E-state index in [-0.39, 0.29) is 28.2 Å². The summed E-state index contributed by atoms with van der Waals surface area (Å²) < 4.78 is 5.02. The second-order valence-electron chi connectivity index (χ2n) is 7.00. The van der Waals surface area contributed by atoms with Crippen molar-refractivity contribution in [2.24, 2.45) is 0 Å². The number of aliphatic hydroxyl groups excluding tert-OH is 1. The van der Waals surface area contributed by atoms with Crippen LogP contribution in [0.2, 0.25) is 0 Å². The summed E-state index contributed by atoms with van der Waals surface area (Å²) in [7, 11) is 1.28. The highest BCUT2D eigenvalue weighted by Gasteiger charge is 2.63. The molecule has 3 atom stereocenters. The summed E-state index contributed by atoms with van der Waals surface area (Å²) in [5, 5.41) is 81.2. The monoisotopic (exact) mass is 408 g/mol. The number of hydrogen-bond acceptors (Lipinski definition) is 9. The predicted octanol–water partition coefficient (Wildman–Crippen LogP) is -0.255. The van der Waals surface area contributed by atoms with Crippen LogP contribution >= 0.6 is 0 Å². The zero-order valence-electron chi connectivity index (χ0n) is 15.2. The van der Waals surface area contributed by atoms with Crippen molar-refractivity contribution in [1.29, 1.82) is 0 Å². The third-order valence-electron chi connectivity index (χ3n) is 5.37.